The predicted octanol–water partition coefficient (Wildman–Crippen LogP) is 1.80. The summed E-state index contributed by atoms with van der Waals surface area (Å²) in [5.41, 5.74) is -0.269. The van der Waals surface area contributed by atoms with E-state index in [-0.39, 0.29) is 11.4 Å². The molecule has 4 rings (SSSR count). The van der Waals surface area contributed by atoms with Crippen LogP contribution in [0.3, 0.4) is 0 Å². The fourth-order valence-corrected chi connectivity index (χ4v) is 3.72. The molecule has 0 aliphatic carbocycles. The fraction of sp³-hybridized carbons (Fsp3) is 0.286. The molecule has 2 bridgehead atoms. The molecule has 3 heterocycles. The standard InChI is InChI=1S/C14H9BrN2O5/c15-6-1-2-7(8(5-6)17(20)21)16-13(18)11-9-3-4-10(22-9)12(11)14(16)19/h1-5,9-12H/t9-,10+,11+,12-. The Balaban J connectivity index is 1.81. The number of hydrogen-bond donors (Lipinski definition) is 0. The molecule has 112 valence electrons. The Hall–Kier alpha value is -2.06. The molecule has 0 saturated carbocycles. The summed E-state index contributed by atoms with van der Waals surface area (Å²) in [5, 5.41) is 11.2. The highest BCUT2D eigenvalue weighted by molar-refractivity contribution is 9.10. The first kappa shape index (κ1) is 13.6. The first-order valence-electron chi connectivity index (χ1n) is 6.64. The van der Waals surface area contributed by atoms with Crippen molar-refractivity contribution in [2.75, 3.05) is 4.90 Å². The van der Waals surface area contributed by atoms with Gasteiger partial charge in [0.2, 0.25) is 11.8 Å². The van der Waals surface area contributed by atoms with Crippen LogP contribution in [0.5, 0.6) is 0 Å². The smallest absolute Gasteiger partial charge is 0.294 e. The van der Waals surface area contributed by atoms with Crippen molar-refractivity contribution < 1.29 is 19.2 Å². The average Bonchev–Trinajstić information content (AvgIpc) is 3.14. The number of carbonyl (C=O) groups is 2. The van der Waals surface area contributed by atoms with Crippen LogP contribution in [0.1, 0.15) is 0 Å². The topological polar surface area (TPSA) is 89.8 Å². The Bertz CT molecular complexity index is 732. The molecule has 7 nitrogen and oxygen atoms in total. The molecule has 1 aromatic rings. The SMILES string of the molecule is O=C1[C@@H]2[C@H](C(=O)N1c1ccc(Br)cc1[N+](=O)[O-])[C@@H]1C=C[C@H]2O1. The first-order valence-corrected chi connectivity index (χ1v) is 7.44. The van der Waals surface area contributed by atoms with E-state index in [1.807, 2.05) is 0 Å². The lowest BCUT2D eigenvalue weighted by atomic mass is 9.85. The third-order valence-corrected chi connectivity index (χ3v) is 4.78. The molecule has 4 atom stereocenters. The highest BCUT2D eigenvalue weighted by Gasteiger charge is 2.61. The van der Waals surface area contributed by atoms with E-state index < -0.39 is 40.8 Å². The van der Waals surface area contributed by atoms with Gasteiger partial charge in [0, 0.05) is 10.5 Å². The summed E-state index contributed by atoms with van der Waals surface area (Å²) < 4.78 is 6.05. The summed E-state index contributed by atoms with van der Waals surface area (Å²) in [7, 11) is 0. The fourth-order valence-electron chi connectivity index (χ4n) is 3.37. The molecular weight excluding hydrogens is 356 g/mol. The number of nitro benzene ring substituents is 1. The van der Waals surface area contributed by atoms with Gasteiger partial charge in [-0.3, -0.25) is 19.7 Å². The summed E-state index contributed by atoms with van der Waals surface area (Å²) in [6.45, 7) is 0. The van der Waals surface area contributed by atoms with Crippen LogP contribution in [-0.2, 0) is 14.3 Å². The molecule has 2 saturated heterocycles. The van der Waals surface area contributed by atoms with E-state index in [2.05, 4.69) is 15.9 Å². The van der Waals surface area contributed by atoms with Crippen molar-refractivity contribution in [3.05, 3.63) is 44.9 Å². The largest absolute Gasteiger partial charge is 0.365 e. The summed E-state index contributed by atoms with van der Waals surface area (Å²) in [4.78, 5) is 36.8. The minimum absolute atomic E-state index is 0.0111. The van der Waals surface area contributed by atoms with Gasteiger partial charge in [0.05, 0.1) is 29.0 Å². The average molecular weight is 365 g/mol. The maximum absolute atomic E-state index is 12.6. The highest BCUT2D eigenvalue weighted by Crippen LogP contribution is 2.47. The molecule has 3 aliphatic rings. The number of fused-ring (bicyclic) bond motifs is 5. The van der Waals surface area contributed by atoms with E-state index in [9.17, 15) is 19.7 Å². The minimum Gasteiger partial charge on any atom is -0.365 e. The van der Waals surface area contributed by atoms with Gasteiger partial charge in [0.1, 0.15) is 5.69 Å². The molecule has 0 N–H and O–H groups in total. The third kappa shape index (κ3) is 1.65. The Morgan fingerprint density at radius 3 is 2.27 bits per heavy atom. The van der Waals surface area contributed by atoms with Crippen molar-refractivity contribution in [2.24, 2.45) is 11.8 Å². The van der Waals surface area contributed by atoms with Gasteiger partial charge in [0.25, 0.3) is 5.69 Å². The van der Waals surface area contributed by atoms with E-state index in [0.29, 0.717) is 4.47 Å². The zero-order chi connectivity index (χ0) is 15.6. The van der Waals surface area contributed by atoms with Gasteiger partial charge in [-0.1, -0.05) is 28.1 Å². The molecule has 22 heavy (non-hydrogen) atoms. The van der Waals surface area contributed by atoms with Crippen molar-refractivity contribution in [1.29, 1.82) is 0 Å². The van der Waals surface area contributed by atoms with Crippen LogP contribution in [0.15, 0.2) is 34.8 Å². The number of amides is 2. The normalized spacial score (nSPS) is 32.0. The van der Waals surface area contributed by atoms with Gasteiger partial charge >= 0.3 is 0 Å². The Labute approximate surface area is 132 Å². The molecule has 2 fully saturated rings. The Kier molecular flexibility index (Phi) is 2.76. The number of nitrogens with zero attached hydrogens (tertiary/aromatic N) is 2. The van der Waals surface area contributed by atoms with Crippen LogP contribution in [0.25, 0.3) is 0 Å². The predicted molar refractivity (Wildman–Crippen MR) is 78.1 cm³/mol. The van der Waals surface area contributed by atoms with Crippen LogP contribution in [-0.4, -0.2) is 28.9 Å². The van der Waals surface area contributed by atoms with Crippen molar-refractivity contribution in [2.45, 2.75) is 12.2 Å². The van der Waals surface area contributed by atoms with E-state index in [0.717, 1.165) is 4.90 Å². The van der Waals surface area contributed by atoms with Crippen LogP contribution >= 0.6 is 15.9 Å². The zero-order valence-electron chi connectivity index (χ0n) is 11.0. The lowest BCUT2D eigenvalue weighted by molar-refractivity contribution is -0.384. The lowest BCUT2D eigenvalue weighted by Gasteiger charge is -2.17. The zero-order valence-corrected chi connectivity index (χ0v) is 12.6. The third-order valence-electron chi connectivity index (χ3n) is 4.29. The van der Waals surface area contributed by atoms with E-state index in [1.165, 1.54) is 12.1 Å². The molecular formula is C14H9BrN2O5. The van der Waals surface area contributed by atoms with E-state index in [1.54, 1.807) is 18.2 Å². The quantitative estimate of drug-likeness (QED) is 0.345. The van der Waals surface area contributed by atoms with Crippen molar-refractivity contribution in [1.82, 2.24) is 0 Å². The Morgan fingerprint density at radius 1 is 1.14 bits per heavy atom. The number of benzene rings is 1. The van der Waals surface area contributed by atoms with Gasteiger partial charge in [-0.05, 0) is 12.1 Å². The molecule has 0 aromatic heterocycles. The number of hydrogen-bond acceptors (Lipinski definition) is 5. The van der Waals surface area contributed by atoms with E-state index in [4.69, 9.17) is 4.74 Å². The molecule has 2 amide bonds. The van der Waals surface area contributed by atoms with Crippen molar-refractivity contribution >= 4 is 39.1 Å². The molecule has 8 heteroatoms. The number of halogens is 1. The van der Waals surface area contributed by atoms with Crippen molar-refractivity contribution in [3.63, 3.8) is 0 Å². The molecule has 1 aromatic carbocycles. The molecule has 0 unspecified atom stereocenters. The molecule has 3 aliphatic heterocycles. The van der Waals surface area contributed by atoms with Gasteiger partial charge < -0.3 is 4.74 Å². The summed E-state index contributed by atoms with van der Waals surface area (Å²) >= 11 is 3.16. The summed E-state index contributed by atoms with van der Waals surface area (Å²) in [5.74, 6) is -2.02. The molecule has 0 radical (unpaired) electrons. The monoisotopic (exact) mass is 364 g/mol. The van der Waals surface area contributed by atoms with Crippen LogP contribution < -0.4 is 4.90 Å². The van der Waals surface area contributed by atoms with Crippen LogP contribution in [0.2, 0.25) is 0 Å². The minimum atomic E-state index is -0.599. The van der Waals surface area contributed by atoms with Gasteiger partial charge in [-0.2, -0.15) is 0 Å². The highest BCUT2D eigenvalue weighted by atomic mass is 79.9. The van der Waals surface area contributed by atoms with E-state index >= 15 is 0 Å². The lowest BCUT2D eigenvalue weighted by Crippen LogP contribution is -2.34. The van der Waals surface area contributed by atoms with Gasteiger partial charge in [-0.15, -0.1) is 0 Å². The van der Waals surface area contributed by atoms with Crippen molar-refractivity contribution in [3.8, 4) is 0 Å². The van der Waals surface area contributed by atoms with Crippen LogP contribution in [0, 0.1) is 22.0 Å². The van der Waals surface area contributed by atoms with Gasteiger partial charge in [0.15, 0.2) is 0 Å². The number of nitro groups is 1. The number of imide groups is 1. The summed E-state index contributed by atoms with van der Waals surface area (Å²) in [6, 6.07) is 4.27. The molecule has 0 spiro atoms. The second kappa shape index (κ2) is 4.47. The maximum Gasteiger partial charge on any atom is 0.294 e. The summed E-state index contributed by atoms with van der Waals surface area (Å²) in [6.07, 6.45) is 2.73. The second-order valence-corrected chi connectivity index (χ2v) is 6.32. The number of ether oxygens (including phenoxy) is 1. The number of anilines is 1. The number of rotatable bonds is 2. The van der Waals surface area contributed by atoms with Gasteiger partial charge in [-0.25, -0.2) is 4.90 Å². The maximum atomic E-state index is 12.6. The second-order valence-electron chi connectivity index (χ2n) is 5.40. The van der Waals surface area contributed by atoms with Crippen LogP contribution in [0.4, 0.5) is 11.4 Å². The Morgan fingerprint density at radius 2 is 1.73 bits per heavy atom. The number of carbonyl (C=O) groups excluding carboxylic acids is 2. The first-order chi connectivity index (χ1) is 10.5.